The second-order valence-corrected chi connectivity index (χ2v) is 4.28. The van der Waals surface area contributed by atoms with Gasteiger partial charge >= 0.3 is 0 Å². The lowest BCUT2D eigenvalue weighted by molar-refractivity contribution is 1.10. The number of aromatic nitrogens is 2. The smallest absolute Gasteiger partial charge is 0.148 e. The topological polar surface area (TPSA) is 75.9 Å². The number of nitrogens with zero attached hydrogens (tertiary/aromatic N) is 2. The highest BCUT2D eigenvalue weighted by molar-refractivity contribution is 5.66. The average Bonchev–Trinajstić information content (AvgIpc) is 2.35. The van der Waals surface area contributed by atoms with Crippen molar-refractivity contribution in [2.24, 2.45) is 5.84 Å². The van der Waals surface area contributed by atoms with Crippen molar-refractivity contribution in [3.63, 3.8) is 0 Å². The summed E-state index contributed by atoms with van der Waals surface area (Å²) in [6.45, 7) is 6.05. The molecule has 2 aromatic rings. The zero-order valence-electron chi connectivity index (χ0n) is 10.8. The standard InChI is InChI=1S/C13H17N5/c1-8-4-5-11(9(2)6-8)17-12-10(3)13(18-14)16-7-15-12/h4-7H,14H2,1-3H3,(H2,15,16,17,18). The molecule has 0 bridgehead atoms. The molecule has 0 spiro atoms. The van der Waals surface area contributed by atoms with Gasteiger partial charge in [-0.25, -0.2) is 15.8 Å². The van der Waals surface area contributed by atoms with Crippen LogP contribution in [0.3, 0.4) is 0 Å². The first-order valence-corrected chi connectivity index (χ1v) is 5.74. The molecule has 0 aliphatic carbocycles. The molecule has 0 radical (unpaired) electrons. The van der Waals surface area contributed by atoms with Gasteiger partial charge in [0.25, 0.3) is 0 Å². The molecule has 0 fully saturated rings. The molecule has 1 aromatic carbocycles. The van der Waals surface area contributed by atoms with Gasteiger partial charge in [-0.05, 0) is 32.4 Å². The van der Waals surface area contributed by atoms with Crippen molar-refractivity contribution in [2.45, 2.75) is 20.8 Å². The fourth-order valence-electron chi connectivity index (χ4n) is 1.80. The molecule has 0 amide bonds. The van der Waals surface area contributed by atoms with Crippen LogP contribution in [0.5, 0.6) is 0 Å². The summed E-state index contributed by atoms with van der Waals surface area (Å²) in [6, 6.07) is 6.23. The van der Waals surface area contributed by atoms with Gasteiger partial charge in [-0.2, -0.15) is 0 Å². The van der Waals surface area contributed by atoms with Crippen molar-refractivity contribution in [3.05, 3.63) is 41.2 Å². The molecule has 0 aliphatic rings. The van der Waals surface area contributed by atoms with Gasteiger partial charge in [-0.3, -0.25) is 0 Å². The van der Waals surface area contributed by atoms with Gasteiger partial charge in [-0.15, -0.1) is 0 Å². The largest absolute Gasteiger partial charge is 0.340 e. The number of nitrogens with one attached hydrogen (secondary N) is 2. The van der Waals surface area contributed by atoms with E-state index in [0.29, 0.717) is 5.82 Å². The average molecular weight is 243 g/mol. The molecule has 0 saturated heterocycles. The van der Waals surface area contributed by atoms with Crippen LogP contribution in [-0.2, 0) is 0 Å². The van der Waals surface area contributed by atoms with Crippen molar-refractivity contribution >= 4 is 17.3 Å². The van der Waals surface area contributed by atoms with Gasteiger partial charge in [0.1, 0.15) is 18.0 Å². The quantitative estimate of drug-likeness (QED) is 0.570. The summed E-state index contributed by atoms with van der Waals surface area (Å²) in [5.74, 6) is 6.77. The number of anilines is 3. The molecule has 5 nitrogen and oxygen atoms in total. The van der Waals surface area contributed by atoms with E-state index in [1.165, 1.54) is 17.5 Å². The molecule has 4 N–H and O–H groups in total. The third-order valence-corrected chi connectivity index (χ3v) is 2.86. The van der Waals surface area contributed by atoms with E-state index in [9.17, 15) is 0 Å². The molecule has 18 heavy (non-hydrogen) atoms. The summed E-state index contributed by atoms with van der Waals surface area (Å²) in [7, 11) is 0. The molecule has 0 aliphatic heterocycles. The Morgan fingerprint density at radius 1 is 1.06 bits per heavy atom. The van der Waals surface area contributed by atoms with Gasteiger partial charge in [0.2, 0.25) is 0 Å². The highest BCUT2D eigenvalue weighted by atomic mass is 15.3. The van der Waals surface area contributed by atoms with Crippen LogP contribution in [0.15, 0.2) is 24.5 Å². The van der Waals surface area contributed by atoms with Gasteiger partial charge < -0.3 is 10.7 Å². The zero-order chi connectivity index (χ0) is 13.1. The summed E-state index contributed by atoms with van der Waals surface area (Å²) in [5.41, 5.74) is 6.89. The fourth-order valence-corrected chi connectivity index (χ4v) is 1.80. The minimum atomic E-state index is 0.622. The van der Waals surface area contributed by atoms with Gasteiger partial charge in [0.05, 0.1) is 0 Å². The minimum Gasteiger partial charge on any atom is -0.340 e. The molecule has 0 atom stereocenters. The highest BCUT2D eigenvalue weighted by Crippen LogP contribution is 2.24. The third kappa shape index (κ3) is 2.41. The predicted octanol–water partition coefficient (Wildman–Crippen LogP) is 2.43. The number of hydrogen-bond donors (Lipinski definition) is 3. The van der Waals surface area contributed by atoms with Crippen LogP contribution in [-0.4, -0.2) is 9.97 Å². The monoisotopic (exact) mass is 243 g/mol. The third-order valence-electron chi connectivity index (χ3n) is 2.86. The van der Waals surface area contributed by atoms with E-state index in [4.69, 9.17) is 5.84 Å². The maximum absolute atomic E-state index is 5.39. The Bertz CT molecular complexity index is 565. The summed E-state index contributed by atoms with van der Waals surface area (Å²) in [6.07, 6.45) is 1.48. The number of nitrogen functional groups attached to an aromatic ring is 1. The van der Waals surface area contributed by atoms with Crippen LogP contribution in [0.1, 0.15) is 16.7 Å². The Hall–Kier alpha value is -2.14. The normalized spacial score (nSPS) is 10.2. The van der Waals surface area contributed by atoms with E-state index < -0.39 is 0 Å². The maximum Gasteiger partial charge on any atom is 0.148 e. The molecule has 0 unspecified atom stereocenters. The molecular weight excluding hydrogens is 226 g/mol. The first-order valence-electron chi connectivity index (χ1n) is 5.74. The maximum atomic E-state index is 5.39. The Morgan fingerprint density at radius 2 is 1.78 bits per heavy atom. The molecular formula is C13H17N5. The van der Waals surface area contributed by atoms with Crippen molar-refractivity contribution in [3.8, 4) is 0 Å². The van der Waals surface area contributed by atoms with E-state index >= 15 is 0 Å². The first kappa shape index (κ1) is 12.3. The van der Waals surface area contributed by atoms with Crippen LogP contribution in [0.2, 0.25) is 0 Å². The molecule has 1 heterocycles. The van der Waals surface area contributed by atoms with E-state index in [1.54, 1.807) is 0 Å². The number of hydrazine groups is 1. The number of rotatable bonds is 3. The number of aryl methyl sites for hydroxylation is 2. The van der Waals surface area contributed by atoms with Crippen LogP contribution in [0.25, 0.3) is 0 Å². The number of benzene rings is 1. The summed E-state index contributed by atoms with van der Waals surface area (Å²) in [5, 5.41) is 3.30. The van der Waals surface area contributed by atoms with E-state index in [2.05, 4.69) is 46.7 Å². The lowest BCUT2D eigenvalue weighted by Gasteiger charge is -2.13. The first-order chi connectivity index (χ1) is 8.61. The zero-order valence-corrected chi connectivity index (χ0v) is 10.8. The Balaban J connectivity index is 2.34. The molecule has 94 valence electrons. The summed E-state index contributed by atoms with van der Waals surface area (Å²) in [4.78, 5) is 8.28. The fraction of sp³-hybridized carbons (Fsp3) is 0.231. The minimum absolute atomic E-state index is 0.622. The predicted molar refractivity (Wildman–Crippen MR) is 73.8 cm³/mol. The molecule has 1 aromatic heterocycles. The second-order valence-electron chi connectivity index (χ2n) is 4.28. The van der Waals surface area contributed by atoms with Crippen LogP contribution >= 0.6 is 0 Å². The van der Waals surface area contributed by atoms with Crippen molar-refractivity contribution in [1.82, 2.24) is 9.97 Å². The lowest BCUT2D eigenvalue weighted by Crippen LogP contribution is -2.11. The van der Waals surface area contributed by atoms with Gasteiger partial charge in [-0.1, -0.05) is 17.7 Å². The van der Waals surface area contributed by atoms with Crippen molar-refractivity contribution in [1.29, 1.82) is 0 Å². The van der Waals surface area contributed by atoms with Crippen molar-refractivity contribution in [2.75, 3.05) is 10.7 Å². The Labute approximate surface area is 106 Å². The Morgan fingerprint density at radius 3 is 2.44 bits per heavy atom. The molecule has 2 rings (SSSR count). The summed E-state index contributed by atoms with van der Waals surface area (Å²) >= 11 is 0. The van der Waals surface area contributed by atoms with Gasteiger partial charge in [0, 0.05) is 11.3 Å². The van der Waals surface area contributed by atoms with E-state index in [-0.39, 0.29) is 0 Å². The van der Waals surface area contributed by atoms with E-state index in [0.717, 1.165) is 17.1 Å². The van der Waals surface area contributed by atoms with Crippen molar-refractivity contribution < 1.29 is 0 Å². The van der Waals surface area contributed by atoms with Crippen LogP contribution < -0.4 is 16.6 Å². The molecule has 0 saturated carbocycles. The van der Waals surface area contributed by atoms with E-state index in [1.807, 2.05) is 13.0 Å². The highest BCUT2D eigenvalue weighted by Gasteiger charge is 2.07. The molecule has 5 heteroatoms. The van der Waals surface area contributed by atoms with Crippen LogP contribution in [0.4, 0.5) is 17.3 Å². The number of nitrogens with two attached hydrogens (primary N) is 1. The summed E-state index contributed by atoms with van der Waals surface area (Å²) < 4.78 is 0. The number of hydrogen-bond acceptors (Lipinski definition) is 5. The SMILES string of the molecule is Cc1ccc(Nc2ncnc(NN)c2C)c(C)c1. The van der Waals surface area contributed by atoms with Gasteiger partial charge in [0.15, 0.2) is 0 Å². The Kier molecular flexibility index (Phi) is 3.43. The van der Waals surface area contributed by atoms with Crippen LogP contribution in [0, 0.1) is 20.8 Å². The lowest BCUT2D eigenvalue weighted by atomic mass is 10.1. The second kappa shape index (κ2) is 5.01.